The maximum Gasteiger partial charge on any atom is 0.238 e. The molecule has 0 bridgehead atoms. The minimum atomic E-state index is 0.0548. The Hall–Kier alpha value is -0.920. The number of hydrogen-bond acceptors (Lipinski definition) is 4. The summed E-state index contributed by atoms with van der Waals surface area (Å²) >= 11 is 8.62. The highest BCUT2D eigenvalue weighted by Crippen LogP contribution is 2.25. The molecule has 1 aliphatic rings. The molecule has 0 spiro atoms. The standard InChI is InChI=1S/C12H13N3OS3/c16-11(10-6-18-3-4-19-10)13-7-1-2-8-9(5-7)15-12(17)14-8/h1-2,5,10H,3-4,6H2,(H,13,16)(H2,14,15,17)/t10-/m0/s1. The molecule has 1 aromatic heterocycles. The second-order valence-corrected chi connectivity index (χ2v) is 7.13. The largest absolute Gasteiger partial charge is 0.331 e. The summed E-state index contributed by atoms with van der Waals surface area (Å²) < 4.78 is 0.595. The number of aromatic nitrogens is 2. The molecule has 100 valence electrons. The molecule has 1 saturated heterocycles. The summed E-state index contributed by atoms with van der Waals surface area (Å²) in [7, 11) is 0. The number of carbonyl (C=O) groups is 1. The molecule has 7 heteroatoms. The highest BCUT2D eigenvalue weighted by molar-refractivity contribution is 8.07. The van der Waals surface area contributed by atoms with Crippen LogP contribution in [0.2, 0.25) is 0 Å². The van der Waals surface area contributed by atoms with Gasteiger partial charge in [0.2, 0.25) is 5.91 Å². The number of nitrogens with one attached hydrogen (secondary N) is 3. The zero-order chi connectivity index (χ0) is 13.2. The van der Waals surface area contributed by atoms with Crippen molar-refractivity contribution in [1.29, 1.82) is 0 Å². The van der Waals surface area contributed by atoms with E-state index in [4.69, 9.17) is 12.2 Å². The van der Waals surface area contributed by atoms with E-state index < -0.39 is 0 Å². The molecule has 1 aromatic carbocycles. The van der Waals surface area contributed by atoms with Crippen LogP contribution in [0.5, 0.6) is 0 Å². The summed E-state index contributed by atoms with van der Waals surface area (Å²) in [5, 5.41) is 3.03. The van der Waals surface area contributed by atoms with Crippen molar-refractivity contribution in [3.8, 4) is 0 Å². The zero-order valence-electron chi connectivity index (χ0n) is 10.1. The maximum absolute atomic E-state index is 12.1. The van der Waals surface area contributed by atoms with Gasteiger partial charge in [0.25, 0.3) is 0 Å². The minimum Gasteiger partial charge on any atom is -0.331 e. The van der Waals surface area contributed by atoms with Gasteiger partial charge in [-0.05, 0) is 30.4 Å². The van der Waals surface area contributed by atoms with E-state index in [2.05, 4.69) is 15.3 Å². The highest BCUT2D eigenvalue weighted by atomic mass is 32.2. The van der Waals surface area contributed by atoms with Crippen molar-refractivity contribution in [3.63, 3.8) is 0 Å². The number of thioether (sulfide) groups is 2. The first-order valence-corrected chi connectivity index (χ1v) is 8.56. The molecule has 19 heavy (non-hydrogen) atoms. The lowest BCUT2D eigenvalue weighted by Crippen LogP contribution is -2.30. The summed E-state index contributed by atoms with van der Waals surface area (Å²) in [6, 6.07) is 5.71. The Morgan fingerprint density at radius 1 is 1.32 bits per heavy atom. The Morgan fingerprint density at radius 2 is 2.16 bits per heavy atom. The molecule has 0 aliphatic carbocycles. The van der Waals surface area contributed by atoms with Gasteiger partial charge in [-0.2, -0.15) is 11.8 Å². The van der Waals surface area contributed by atoms with E-state index in [1.54, 1.807) is 11.8 Å². The Morgan fingerprint density at radius 3 is 2.95 bits per heavy atom. The van der Waals surface area contributed by atoms with Crippen LogP contribution in [-0.4, -0.2) is 38.4 Å². The van der Waals surface area contributed by atoms with E-state index in [1.165, 1.54) is 0 Å². The van der Waals surface area contributed by atoms with Crippen molar-refractivity contribution in [2.45, 2.75) is 5.25 Å². The van der Waals surface area contributed by atoms with Gasteiger partial charge in [0.15, 0.2) is 4.77 Å². The van der Waals surface area contributed by atoms with Crippen molar-refractivity contribution in [2.24, 2.45) is 0 Å². The van der Waals surface area contributed by atoms with E-state index in [9.17, 15) is 4.79 Å². The molecule has 1 amide bonds. The van der Waals surface area contributed by atoms with Crippen LogP contribution >= 0.6 is 35.7 Å². The first-order valence-electron chi connectivity index (χ1n) is 5.94. The van der Waals surface area contributed by atoms with Crippen molar-refractivity contribution < 1.29 is 4.79 Å². The van der Waals surface area contributed by atoms with Crippen molar-refractivity contribution in [2.75, 3.05) is 22.6 Å². The minimum absolute atomic E-state index is 0.0548. The molecule has 0 radical (unpaired) electrons. The smallest absolute Gasteiger partial charge is 0.238 e. The number of carbonyl (C=O) groups excluding carboxylic acids is 1. The summed E-state index contributed by atoms with van der Waals surface area (Å²) in [5.74, 6) is 3.17. The van der Waals surface area contributed by atoms with Gasteiger partial charge in [0.1, 0.15) is 0 Å². The number of imidazole rings is 1. The van der Waals surface area contributed by atoms with Gasteiger partial charge >= 0.3 is 0 Å². The molecule has 2 heterocycles. The van der Waals surface area contributed by atoms with E-state index >= 15 is 0 Å². The number of H-pyrrole nitrogens is 2. The molecule has 2 aromatic rings. The van der Waals surface area contributed by atoms with Crippen LogP contribution in [0.4, 0.5) is 5.69 Å². The van der Waals surface area contributed by atoms with Crippen molar-refractivity contribution in [3.05, 3.63) is 23.0 Å². The third-order valence-corrected chi connectivity index (χ3v) is 5.85. The van der Waals surface area contributed by atoms with Gasteiger partial charge < -0.3 is 15.3 Å². The number of aromatic amines is 2. The van der Waals surface area contributed by atoms with Crippen LogP contribution in [0, 0.1) is 4.77 Å². The van der Waals surface area contributed by atoms with Crippen LogP contribution in [0.25, 0.3) is 11.0 Å². The second kappa shape index (κ2) is 5.60. The number of benzene rings is 1. The molecular weight excluding hydrogens is 298 g/mol. The van der Waals surface area contributed by atoms with E-state index in [0.29, 0.717) is 4.77 Å². The number of amides is 1. The SMILES string of the molecule is O=C(Nc1ccc2[nH]c(=S)[nH]c2c1)[C@@H]1CSCCS1. The molecule has 3 rings (SSSR count). The van der Waals surface area contributed by atoms with Gasteiger partial charge in [0, 0.05) is 22.9 Å². The first-order chi connectivity index (χ1) is 9.22. The Bertz CT molecular complexity index is 658. The normalized spacial score (nSPS) is 19.5. The number of fused-ring (bicyclic) bond motifs is 1. The zero-order valence-corrected chi connectivity index (χ0v) is 12.5. The lowest BCUT2D eigenvalue weighted by atomic mass is 10.2. The summed E-state index contributed by atoms with van der Waals surface area (Å²) in [6.07, 6.45) is 0. The molecule has 3 N–H and O–H groups in total. The third kappa shape index (κ3) is 2.98. The molecule has 1 atom stereocenters. The fourth-order valence-corrected chi connectivity index (χ4v) is 4.75. The predicted octanol–water partition coefficient (Wildman–Crippen LogP) is 3.01. The van der Waals surface area contributed by atoms with E-state index in [-0.39, 0.29) is 11.2 Å². The molecular formula is C12H13N3OS3. The number of hydrogen-bond donors (Lipinski definition) is 3. The van der Waals surface area contributed by atoms with Crippen LogP contribution in [0.1, 0.15) is 0 Å². The quantitative estimate of drug-likeness (QED) is 0.746. The van der Waals surface area contributed by atoms with Gasteiger partial charge in [-0.15, -0.1) is 11.8 Å². The number of rotatable bonds is 2. The van der Waals surface area contributed by atoms with Crippen LogP contribution in [-0.2, 0) is 4.79 Å². The Balaban J connectivity index is 1.76. The van der Waals surface area contributed by atoms with Gasteiger partial charge in [-0.1, -0.05) is 0 Å². The average molecular weight is 311 g/mol. The van der Waals surface area contributed by atoms with Crippen LogP contribution < -0.4 is 5.32 Å². The summed E-state index contributed by atoms with van der Waals surface area (Å²) in [6.45, 7) is 0. The van der Waals surface area contributed by atoms with Gasteiger partial charge in [-0.3, -0.25) is 4.79 Å². The van der Waals surface area contributed by atoms with Crippen molar-refractivity contribution in [1.82, 2.24) is 9.97 Å². The van der Waals surface area contributed by atoms with Crippen molar-refractivity contribution >= 4 is 58.4 Å². The molecule has 4 nitrogen and oxygen atoms in total. The topological polar surface area (TPSA) is 60.7 Å². The second-order valence-electron chi connectivity index (χ2n) is 4.26. The average Bonchev–Trinajstić information content (AvgIpc) is 2.79. The monoisotopic (exact) mass is 311 g/mol. The van der Waals surface area contributed by atoms with E-state index in [1.807, 2.05) is 30.0 Å². The fourth-order valence-electron chi connectivity index (χ4n) is 1.97. The third-order valence-electron chi connectivity index (χ3n) is 2.89. The first kappa shape index (κ1) is 13.1. The molecule has 0 unspecified atom stereocenters. The number of anilines is 1. The van der Waals surface area contributed by atoms with Gasteiger partial charge in [0.05, 0.1) is 16.3 Å². The Labute approximate surface area is 124 Å². The Kier molecular flexibility index (Phi) is 3.86. The van der Waals surface area contributed by atoms with E-state index in [0.717, 1.165) is 34.0 Å². The summed E-state index contributed by atoms with van der Waals surface area (Å²) in [5.41, 5.74) is 2.66. The fraction of sp³-hybridized carbons (Fsp3) is 0.333. The van der Waals surface area contributed by atoms with Crippen LogP contribution in [0.15, 0.2) is 18.2 Å². The maximum atomic E-state index is 12.1. The summed E-state index contributed by atoms with van der Waals surface area (Å²) in [4.78, 5) is 18.2. The lowest BCUT2D eigenvalue weighted by molar-refractivity contribution is -0.115. The van der Waals surface area contributed by atoms with Gasteiger partial charge in [-0.25, -0.2) is 0 Å². The van der Waals surface area contributed by atoms with Crippen LogP contribution in [0.3, 0.4) is 0 Å². The predicted molar refractivity (Wildman–Crippen MR) is 85.7 cm³/mol. The molecule has 1 aliphatic heterocycles. The molecule has 0 saturated carbocycles. The lowest BCUT2D eigenvalue weighted by Gasteiger charge is -2.20. The molecule has 1 fully saturated rings. The highest BCUT2D eigenvalue weighted by Gasteiger charge is 2.22.